The summed E-state index contributed by atoms with van der Waals surface area (Å²) in [5, 5.41) is -0.717. The number of hydrogen-bond donors (Lipinski definition) is 1. The van der Waals surface area contributed by atoms with Gasteiger partial charge in [-0.15, -0.1) is 0 Å². The zero-order valence-corrected chi connectivity index (χ0v) is 11.1. The highest BCUT2D eigenvalue weighted by Gasteiger charge is 2.39. The van der Waals surface area contributed by atoms with E-state index in [1.165, 1.54) is 0 Å². The van der Waals surface area contributed by atoms with Gasteiger partial charge in [0, 0.05) is 6.04 Å². The van der Waals surface area contributed by atoms with Crippen LogP contribution >= 0.6 is 0 Å². The topological polar surface area (TPSA) is 60.2 Å². The lowest BCUT2D eigenvalue weighted by molar-refractivity contribution is -0.137. The average molecular weight is 293 g/mol. The zero-order valence-electron chi connectivity index (χ0n) is 10.2. The Labute approximate surface area is 109 Å². The van der Waals surface area contributed by atoms with Crippen LogP contribution in [0.2, 0.25) is 0 Å². The fourth-order valence-corrected chi connectivity index (χ4v) is 4.43. The molecule has 1 aliphatic rings. The Morgan fingerprint density at radius 1 is 1.42 bits per heavy atom. The van der Waals surface area contributed by atoms with Crippen LogP contribution in [0.1, 0.15) is 24.5 Å². The average Bonchev–Trinajstić information content (AvgIpc) is 2.48. The van der Waals surface area contributed by atoms with Crippen LogP contribution < -0.4 is 5.73 Å². The molecule has 7 heteroatoms. The number of sulfone groups is 1. The maximum absolute atomic E-state index is 12.6. The van der Waals surface area contributed by atoms with Gasteiger partial charge in [0.05, 0.1) is 15.7 Å². The third-order valence-corrected chi connectivity index (χ3v) is 5.46. The van der Waals surface area contributed by atoms with Gasteiger partial charge in [0.15, 0.2) is 9.84 Å². The zero-order chi connectivity index (χ0) is 14.4. The minimum absolute atomic E-state index is 0.00569. The second kappa shape index (κ2) is 4.49. The smallest absolute Gasteiger partial charge is 0.328 e. The molecule has 1 aromatic rings. The van der Waals surface area contributed by atoms with Gasteiger partial charge in [0.2, 0.25) is 0 Å². The van der Waals surface area contributed by atoms with E-state index in [1.54, 1.807) is 6.92 Å². The maximum atomic E-state index is 12.6. The first-order valence-electron chi connectivity index (χ1n) is 5.82. The summed E-state index contributed by atoms with van der Waals surface area (Å²) in [6.07, 6.45) is -4.11. The van der Waals surface area contributed by atoms with Crippen LogP contribution in [-0.4, -0.2) is 19.7 Å². The van der Waals surface area contributed by atoms with Crippen LogP contribution in [0, 0.1) is 0 Å². The van der Waals surface area contributed by atoms with Gasteiger partial charge >= 0.3 is 6.18 Å². The SMILES string of the molecule is CC(N)CC1Cc2cc(C(F)(F)F)ccc2S1(=O)=O. The molecule has 1 heterocycles. The minimum atomic E-state index is -4.46. The Kier molecular flexibility index (Phi) is 3.38. The number of hydrogen-bond acceptors (Lipinski definition) is 3. The Bertz CT molecular complexity index is 593. The van der Waals surface area contributed by atoms with Crippen LogP contribution in [-0.2, 0) is 22.4 Å². The van der Waals surface area contributed by atoms with Crippen molar-refractivity contribution in [2.75, 3.05) is 0 Å². The van der Waals surface area contributed by atoms with Gasteiger partial charge < -0.3 is 5.73 Å². The Hall–Kier alpha value is -1.08. The molecule has 3 nitrogen and oxygen atoms in total. The number of benzene rings is 1. The van der Waals surface area contributed by atoms with Crippen LogP contribution in [0.5, 0.6) is 0 Å². The van der Waals surface area contributed by atoms with E-state index in [2.05, 4.69) is 0 Å². The maximum Gasteiger partial charge on any atom is 0.416 e. The molecule has 2 rings (SSSR count). The lowest BCUT2D eigenvalue weighted by Crippen LogP contribution is -2.27. The van der Waals surface area contributed by atoms with Crippen molar-refractivity contribution in [3.05, 3.63) is 29.3 Å². The van der Waals surface area contributed by atoms with E-state index >= 15 is 0 Å². The molecule has 1 aromatic carbocycles. The minimum Gasteiger partial charge on any atom is -0.328 e. The van der Waals surface area contributed by atoms with Gasteiger partial charge in [-0.3, -0.25) is 0 Å². The van der Waals surface area contributed by atoms with Crippen LogP contribution in [0.25, 0.3) is 0 Å². The number of halogens is 3. The molecule has 19 heavy (non-hydrogen) atoms. The molecule has 0 saturated heterocycles. The molecule has 0 aliphatic carbocycles. The largest absolute Gasteiger partial charge is 0.416 e. The van der Waals surface area contributed by atoms with Crippen molar-refractivity contribution in [3.8, 4) is 0 Å². The van der Waals surface area contributed by atoms with Gasteiger partial charge in [0.1, 0.15) is 0 Å². The fraction of sp³-hybridized carbons (Fsp3) is 0.500. The Morgan fingerprint density at radius 2 is 2.05 bits per heavy atom. The second-order valence-electron chi connectivity index (χ2n) is 4.90. The molecule has 2 unspecified atom stereocenters. The van der Waals surface area contributed by atoms with Gasteiger partial charge in [0.25, 0.3) is 0 Å². The molecule has 0 saturated carbocycles. The predicted molar refractivity (Wildman–Crippen MR) is 64.4 cm³/mol. The number of nitrogens with two attached hydrogens (primary N) is 1. The van der Waals surface area contributed by atoms with Crippen molar-refractivity contribution in [2.24, 2.45) is 5.73 Å². The van der Waals surface area contributed by atoms with E-state index < -0.39 is 26.8 Å². The normalized spacial score (nSPS) is 23.1. The fourth-order valence-electron chi connectivity index (χ4n) is 2.35. The van der Waals surface area contributed by atoms with Crippen LogP contribution in [0.15, 0.2) is 23.1 Å². The van der Waals surface area contributed by atoms with Gasteiger partial charge in [-0.1, -0.05) is 0 Å². The van der Waals surface area contributed by atoms with Crippen molar-refractivity contribution in [1.29, 1.82) is 0 Å². The molecule has 0 aromatic heterocycles. The van der Waals surface area contributed by atoms with Crippen molar-refractivity contribution in [3.63, 3.8) is 0 Å². The highest BCUT2D eigenvalue weighted by molar-refractivity contribution is 7.92. The molecule has 2 N–H and O–H groups in total. The summed E-state index contributed by atoms with van der Waals surface area (Å²) in [6, 6.07) is 2.48. The number of fused-ring (bicyclic) bond motifs is 1. The predicted octanol–water partition coefficient (Wildman–Crippen LogP) is 2.14. The van der Waals surface area contributed by atoms with Gasteiger partial charge in [-0.05, 0) is 43.5 Å². The number of alkyl halides is 3. The lowest BCUT2D eigenvalue weighted by atomic mass is 10.0. The van der Waals surface area contributed by atoms with Crippen LogP contribution in [0.3, 0.4) is 0 Å². The molecule has 0 radical (unpaired) electrons. The van der Waals surface area contributed by atoms with E-state index in [1.807, 2.05) is 0 Å². The third kappa shape index (κ3) is 2.62. The first kappa shape index (κ1) is 14.3. The van der Waals surface area contributed by atoms with E-state index in [-0.39, 0.29) is 29.3 Å². The molecule has 0 fully saturated rings. The summed E-state index contributed by atoms with van der Waals surface area (Å²) >= 11 is 0. The molecule has 0 bridgehead atoms. The highest BCUT2D eigenvalue weighted by Crippen LogP contribution is 2.37. The number of rotatable bonds is 2. The first-order chi connectivity index (χ1) is 8.62. The molecule has 0 spiro atoms. The Morgan fingerprint density at radius 3 is 2.58 bits per heavy atom. The molecular weight excluding hydrogens is 279 g/mol. The van der Waals surface area contributed by atoms with Crippen LogP contribution in [0.4, 0.5) is 13.2 Å². The van der Waals surface area contributed by atoms with Crippen molar-refractivity contribution < 1.29 is 21.6 Å². The van der Waals surface area contributed by atoms with Crippen molar-refractivity contribution in [2.45, 2.75) is 42.1 Å². The first-order valence-corrected chi connectivity index (χ1v) is 7.36. The third-order valence-electron chi connectivity index (χ3n) is 3.22. The Balaban J connectivity index is 2.43. The van der Waals surface area contributed by atoms with E-state index in [9.17, 15) is 21.6 Å². The molecule has 0 amide bonds. The molecule has 1 aliphatic heterocycles. The lowest BCUT2D eigenvalue weighted by Gasteiger charge is -2.11. The monoisotopic (exact) mass is 293 g/mol. The summed E-state index contributed by atoms with van der Waals surface area (Å²) < 4.78 is 62.0. The summed E-state index contributed by atoms with van der Waals surface area (Å²) in [6.45, 7) is 1.68. The van der Waals surface area contributed by atoms with Crippen molar-refractivity contribution in [1.82, 2.24) is 0 Å². The highest BCUT2D eigenvalue weighted by atomic mass is 32.2. The molecular formula is C12H14F3NO2S. The summed E-state index contributed by atoms with van der Waals surface area (Å²) in [5.74, 6) is 0. The van der Waals surface area contributed by atoms with E-state index in [0.717, 1.165) is 18.2 Å². The summed E-state index contributed by atoms with van der Waals surface area (Å²) in [7, 11) is -3.55. The molecule has 2 atom stereocenters. The molecule has 106 valence electrons. The van der Waals surface area contributed by atoms with E-state index in [4.69, 9.17) is 5.73 Å². The summed E-state index contributed by atoms with van der Waals surface area (Å²) in [4.78, 5) is 0.00569. The van der Waals surface area contributed by atoms with Gasteiger partial charge in [-0.2, -0.15) is 13.2 Å². The second-order valence-corrected chi connectivity index (χ2v) is 7.10. The van der Waals surface area contributed by atoms with Crippen molar-refractivity contribution >= 4 is 9.84 Å². The van der Waals surface area contributed by atoms with Gasteiger partial charge in [-0.25, -0.2) is 8.42 Å². The summed E-state index contributed by atoms with van der Waals surface area (Å²) in [5.41, 5.74) is 5.00. The standard InChI is InChI=1S/C12H14F3NO2S/c1-7(16)4-10-6-8-5-9(12(13,14)15)2-3-11(8)19(10,17)18/h2-3,5,7,10H,4,6,16H2,1H3. The quantitative estimate of drug-likeness (QED) is 0.909. The van der Waals surface area contributed by atoms with E-state index in [0.29, 0.717) is 0 Å².